The van der Waals surface area contributed by atoms with E-state index in [2.05, 4.69) is 20.5 Å². The molecule has 0 atom stereocenters. The summed E-state index contributed by atoms with van der Waals surface area (Å²) in [6, 6.07) is 14.7. The second kappa shape index (κ2) is 12.5. The first-order valence-corrected chi connectivity index (χ1v) is 13.1. The van der Waals surface area contributed by atoms with E-state index in [-0.39, 0.29) is 6.03 Å². The Hall–Kier alpha value is -3.64. The SMILES string of the molecule is O=C(NCc1ccncc1)Nc1ccc(CC2CCN(Cc3ccc(C(O)(C(F)(F)F)C(F)(F)F)cc3)CC2)cc1. The second-order valence-electron chi connectivity index (χ2n) is 10.2. The molecule has 1 saturated heterocycles. The number of hydrogen-bond acceptors (Lipinski definition) is 4. The van der Waals surface area contributed by atoms with Gasteiger partial charge in [-0.05, 0) is 79.2 Å². The number of urea groups is 1. The lowest BCUT2D eigenvalue weighted by Crippen LogP contribution is -2.53. The van der Waals surface area contributed by atoms with Crippen molar-refractivity contribution in [3.63, 3.8) is 0 Å². The zero-order chi connectivity index (χ0) is 29.7. The third kappa shape index (κ3) is 7.56. The first-order chi connectivity index (χ1) is 19.3. The van der Waals surface area contributed by atoms with Crippen LogP contribution in [0.1, 0.15) is 35.1 Å². The number of aromatic nitrogens is 1. The number of benzene rings is 2. The van der Waals surface area contributed by atoms with Gasteiger partial charge in [-0.1, -0.05) is 36.4 Å². The number of rotatable bonds is 8. The number of halogens is 6. The van der Waals surface area contributed by atoms with Crippen LogP contribution >= 0.6 is 0 Å². The number of pyridine rings is 1. The number of nitrogens with one attached hydrogen (secondary N) is 2. The van der Waals surface area contributed by atoms with Crippen LogP contribution in [0.15, 0.2) is 73.1 Å². The van der Waals surface area contributed by atoms with Gasteiger partial charge in [0.25, 0.3) is 5.60 Å². The van der Waals surface area contributed by atoms with Gasteiger partial charge < -0.3 is 15.7 Å². The van der Waals surface area contributed by atoms with Gasteiger partial charge in [-0.25, -0.2) is 4.79 Å². The van der Waals surface area contributed by atoms with Crippen molar-refractivity contribution in [2.75, 3.05) is 18.4 Å². The lowest BCUT2D eigenvalue weighted by atomic mass is 9.89. The summed E-state index contributed by atoms with van der Waals surface area (Å²) in [6.07, 6.45) is -5.86. The van der Waals surface area contributed by atoms with Crippen molar-refractivity contribution in [1.82, 2.24) is 15.2 Å². The van der Waals surface area contributed by atoms with Gasteiger partial charge in [0, 0.05) is 36.7 Å². The van der Waals surface area contributed by atoms with Gasteiger partial charge in [0.15, 0.2) is 0 Å². The van der Waals surface area contributed by atoms with Crippen LogP contribution in [0.5, 0.6) is 0 Å². The zero-order valence-electron chi connectivity index (χ0n) is 22.0. The van der Waals surface area contributed by atoms with Crippen molar-refractivity contribution >= 4 is 11.7 Å². The van der Waals surface area contributed by atoms with Crippen LogP contribution in [-0.4, -0.2) is 46.5 Å². The molecule has 2 aromatic carbocycles. The summed E-state index contributed by atoms with van der Waals surface area (Å²) in [5.74, 6) is 0.421. The van der Waals surface area contributed by atoms with Crippen LogP contribution in [0.25, 0.3) is 0 Å². The summed E-state index contributed by atoms with van der Waals surface area (Å²) in [4.78, 5) is 18.2. The summed E-state index contributed by atoms with van der Waals surface area (Å²) in [5.41, 5.74) is -2.88. The highest BCUT2D eigenvalue weighted by atomic mass is 19.4. The summed E-state index contributed by atoms with van der Waals surface area (Å²) in [6.45, 7) is 2.24. The molecule has 4 rings (SSSR count). The number of likely N-dealkylation sites (tertiary alicyclic amines) is 1. The Balaban J connectivity index is 1.23. The highest BCUT2D eigenvalue weighted by Gasteiger charge is 2.71. The van der Waals surface area contributed by atoms with Crippen LogP contribution in [0.4, 0.5) is 36.8 Å². The Bertz CT molecular complexity index is 1260. The van der Waals surface area contributed by atoms with Crippen molar-refractivity contribution in [2.45, 2.75) is 50.3 Å². The van der Waals surface area contributed by atoms with Crippen LogP contribution in [0, 0.1) is 5.92 Å². The van der Waals surface area contributed by atoms with E-state index in [0.29, 0.717) is 42.4 Å². The van der Waals surface area contributed by atoms with Gasteiger partial charge in [0.2, 0.25) is 0 Å². The van der Waals surface area contributed by atoms with Crippen molar-refractivity contribution in [2.24, 2.45) is 5.92 Å². The van der Waals surface area contributed by atoms with E-state index in [1.165, 1.54) is 12.1 Å². The molecule has 12 heteroatoms. The number of carbonyl (C=O) groups is 1. The number of anilines is 1. The number of nitrogens with zero attached hydrogens (tertiary/aromatic N) is 2. The first kappa shape index (κ1) is 30.3. The monoisotopic (exact) mass is 580 g/mol. The van der Waals surface area contributed by atoms with Crippen molar-refractivity contribution in [3.05, 3.63) is 95.3 Å². The highest BCUT2D eigenvalue weighted by Crippen LogP contribution is 2.50. The number of alkyl halides is 6. The normalized spacial score (nSPS) is 15.5. The molecule has 1 aliphatic rings. The maximum absolute atomic E-state index is 13.1. The molecule has 0 spiro atoms. The maximum Gasteiger partial charge on any atom is 0.430 e. The van der Waals surface area contributed by atoms with Gasteiger partial charge >= 0.3 is 18.4 Å². The van der Waals surface area contributed by atoms with Gasteiger partial charge in [-0.15, -0.1) is 0 Å². The molecule has 0 radical (unpaired) electrons. The van der Waals surface area contributed by atoms with E-state index in [1.54, 1.807) is 12.4 Å². The Labute approximate surface area is 233 Å². The Kier molecular flexibility index (Phi) is 9.23. The van der Waals surface area contributed by atoms with E-state index in [0.717, 1.165) is 43.5 Å². The maximum atomic E-state index is 13.1. The van der Waals surface area contributed by atoms with Gasteiger partial charge in [-0.3, -0.25) is 9.88 Å². The lowest BCUT2D eigenvalue weighted by molar-refractivity contribution is -0.376. The molecule has 3 aromatic rings. The minimum atomic E-state index is -5.90. The molecular weight excluding hydrogens is 550 g/mol. The standard InChI is InChI=1S/C29H30F6N4O2/c30-28(31,32)27(41,29(33,34)35)24-5-1-23(2-6-24)19-39-15-11-21(12-16-39)17-20-3-7-25(8-4-20)38-26(40)37-18-22-9-13-36-14-10-22/h1-10,13-14,21,41H,11-12,15-19H2,(H2,37,38,40). The fourth-order valence-corrected chi connectivity index (χ4v) is 4.86. The molecule has 1 fully saturated rings. The average Bonchev–Trinajstić information content (AvgIpc) is 2.93. The summed E-state index contributed by atoms with van der Waals surface area (Å²) in [7, 11) is 0. The van der Waals surface area contributed by atoms with E-state index < -0.39 is 23.5 Å². The Morgan fingerprint density at radius 1 is 0.829 bits per heavy atom. The van der Waals surface area contributed by atoms with Gasteiger partial charge in [0.05, 0.1) is 0 Å². The molecule has 0 aliphatic carbocycles. The predicted octanol–water partition coefficient (Wildman–Crippen LogP) is 6.17. The topological polar surface area (TPSA) is 77.5 Å². The van der Waals surface area contributed by atoms with Crippen LogP contribution < -0.4 is 10.6 Å². The minimum absolute atomic E-state index is 0.312. The fraction of sp³-hybridized carbons (Fsp3) is 0.379. The number of aliphatic hydroxyl groups is 1. The molecule has 0 bridgehead atoms. The molecule has 2 amide bonds. The number of piperidine rings is 1. The fourth-order valence-electron chi connectivity index (χ4n) is 4.86. The van der Waals surface area contributed by atoms with E-state index in [9.17, 15) is 36.2 Å². The average molecular weight is 581 g/mol. The Morgan fingerprint density at radius 2 is 1.39 bits per heavy atom. The smallest absolute Gasteiger partial charge is 0.369 e. The minimum Gasteiger partial charge on any atom is -0.369 e. The van der Waals surface area contributed by atoms with Crippen molar-refractivity contribution in [3.8, 4) is 0 Å². The van der Waals surface area contributed by atoms with Crippen molar-refractivity contribution < 1.29 is 36.2 Å². The van der Waals surface area contributed by atoms with E-state index in [1.807, 2.05) is 36.4 Å². The van der Waals surface area contributed by atoms with E-state index >= 15 is 0 Å². The molecular formula is C29H30F6N4O2. The van der Waals surface area contributed by atoms with Crippen LogP contribution in [-0.2, 0) is 25.1 Å². The number of carbonyl (C=O) groups excluding carboxylic acids is 1. The third-order valence-electron chi connectivity index (χ3n) is 7.24. The highest BCUT2D eigenvalue weighted by molar-refractivity contribution is 5.89. The summed E-state index contributed by atoms with van der Waals surface area (Å²) in [5, 5.41) is 15.1. The molecule has 41 heavy (non-hydrogen) atoms. The quantitative estimate of drug-likeness (QED) is 0.279. The first-order valence-electron chi connectivity index (χ1n) is 13.1. The molecule has 6 nitrogen and oxygen atoms in total. The van der Waals surface area contributed by atoms with E-state index in [4.69, 9.17) is 0 Å². The van der Waals surface area contributed by atoms with Crippen LogP contribution in [0.2, 0.25) is 0 Å². The number of hydrogen-bond donors (Lipinski definition) is 3. The molecule has 2 heterocycles. The third-order valence-corrected chi connectivity index (χ3v) is 7.24. The Morgan fingerprint density at radius 3 is 1.95 bits per heavy atom. The summed E-state index contributed by atoms with van der Waals surface area (Å²) >= 11 is 0. The number of amides is 2. The molecule has 0 saturated carbocycles. The van der Waals surface area contributed by atoms with Crippen molar-refractivity contribution in [1.29, 1.82) is 0 Å². The second-order valence-corrected chi connectivity index (χ2v) is 10.2. The van der Waals surface area contributed by atoms with Gasteiger partial charge in [0.1, 0.15) is 0 Å². The predicted molar refractivity (Wildman–Crippen MR) is 141 cm³/mol. The molecule has 0 unspecified atom stereocenters. The molecule has 1 aromatic heterocycles. The zero-order valence-corrected chi connectivity index (χ0v) is 22.0. The largest absolute Gasteiger partial charge is 0.430 e. The molecule has 1 aliphatic heterocycles. The van der Waals surface area contributed by atoms with Crippen LogP contribution in [0.3, 0.4) is 0 Å². The molecule has 3 N–H and O–H groups in total. The van der Waals surface area contributed by atoms with Gasteiger partial charge in [-0.2, -0.15) is 26.3 Å². The lowest BCUT2D eigenvalue weighted by Gasteiger charge is -2.33. The summed E-state index contributed by atoms with van der Waals surface area (Å²) < 4.78 is 78.6. The molecule has 220 valence electrons.